The van der Waals surface area contributed by atoms with Crippen LogP contribution in [-0.2, 0) is 20.7 Å². The van der Waals surface area contributed by atoms with E-state index < -0.39 is 12.1 Å². The molecular weight excluding hydrogens is 352 g/mol. The van der Waals surface area contributed by atoms with Crippen LogP contribution in [0.1, 0.15) is 18.7 Å². The molecule has 8 nitrogen and oxygen atoms in total. The first-order chi connectivity index (χ1) is 13.0. The lowest BCUT2D eigenvalue weighted by molar-refractivity contribution is -0.147. The minimum Gasteiger partial charge on any atom is -0.497 e. The van der Waals surface area contributed by atoms with Gasteiger partial charge >= 0.3 is 5.97 Å². The van der Waals surface area contributed by atoms with Gasteiger partial charge in [-0.3, -0.25) is 9.59 Å². The van der Waals surface area contributed by atoms with Crippen molar-refractivity contribution in [2.45, 2.75) is 25.4 Å². The molecule has 1 atom stereocenters. The molecule has 2 aromatic rings. The zero-order chi connectivity index (χ0) is 19.2. The molecule has 8 heteroatoms. The molecule has 0 unspecified atom stereocenters. The lowest BCUT2D eigenvalue weighted by Gasteiger charge is -2.32. The fraction of sp³-hybridized carbons (Fsp3) is 0.421. The summed E-state index contributed by atoms with van der Waals surface area (Å²) >= 11 is 0. The number of aliphatic carboxylic acids is 1. The molecule has 1 aromatic heterocycles. The van der Waals surface area contributed by atoms with Crippen LogP contribution in [0.25, 0.3) is 11.3 Å². The molecule has 1 amide bonds. The molecule has 0 bridgehead atoms. The van der Waals surface area contributed by atoms with E-state index in [2.05, 4.69) is 4.98 Å². The quantitative estimate of drug-likeness (QED) is 0.790. The molecule has 1 aromatic carbocycles. The Morgan fingerprint density at radius 2 is 2.11 bits per heavy atom. The Kier molecular flexibility index (Phi) is 6.08. The van der Waals surface area contributed by atoms with Gasteiger partial charge in [-0.15, -0.1) is 0 Å². The number of aryl methyl sites for hydroxylation is 1. The minimum atomic E-state index is -0.930. The number of hydrogen-bond acceptors (Lipinski definition) is 6. The first-order valence-corrected chi connectivity index (χ1v) is 8.75. The summed E-state index contributed by atoms with van der Waals surface area (Å²) in [5, 5.41) is 8.86. The molecule has 0 aliphatic carbocycles. The van der Waals surface area contributed by atoms with Gasteiger partial charge in [0.05, 0.1) is 32.4 Å². The lowest BCUT2D eigenvalue weighted by Crippen LogP contribution is -2.46. The number of carboxylic acids is 1. The molecule has 27 heavy (non-hydrogen) atoms. The SMILES string of the molecule is COc1ccc(-c2cnc(CCC(=O)N3CCO[C@@H](CC(=O)O)C3)o2)cc1. The number of morpholine rings is 1. The molecule has 3 rings (SSSR count). The van der Waals surface area contributed by atoms with Crippen molar-refractivity contribution in [3.8, 4) is 17.1 Å². The van der Waals surface area contributed by atoms with Crippen LogP contribution in [0.3, 0.4) is 0 Å². The van der Waals surface area contributed by atoms with Gasteiger partial charge in [0.25, 0.3) is 0 Å². The predicted molar refractivity (Wildman–Crippen MR) is 95.4 cm³/mol. The highest BCUT2D eigenvalue weighted by Crippen LogP contribution is 2.23. The van der Waals surface area contributed by atoms with E-state index in [4.69, 9.17) is 19.0 Å². The second-order valence-corrected chi connectivity index (χ2v) is 6.28. The molecule has 2 heterocycles. The van der Waals surface area contributed by atoms with Crippen LogP contribution < -0.4 is 4.74 Å². The van der Waals surface area contributed by atoms with Gasteiger partial charge in [-0.05, 0) is 24.3 Å². The number of ether oxygens (including phenoxy) is 2. The Balaban J connectivity index is 1.53. The van der Waals surface area contributed by atoms with Crippen molar-refractivity contribution in [3.63, 3.8) is 0 Å². The maximum Gasteiger partial charge on any atom is 0.306 e. The topological polar surface area (TPSA) is 102 Å². The van der Waals surface area contributed by atoms with Crippen LogP contribution >= 0.6 is 0 Å². The van der Waals surface area contributed by atoms with E-state index in [0.29, 0.717) is 37.8 Å². The second kappa shape index (κ2) is 8.68. The largest absolute Gasteiger partial charge is 0.497 e. The van der Waals surface area contributed by atoms with Crippen molar-refractivity contribution in [1.29, 1.82) is 0 Å². The lowest BCUT2D eigenvalue weighted by atomic mass is 10.2. The van der Waals surface area contributed by atoms with Gasteiger partial charge in [-0.1, -0.05) is 0 Å². The summed E-state index contributed by atoms with van der Waals surface area (Å²) < 4.78 is 16.2. The average Bonchev–Trinajstić information content (AvgIpc) is 3.15. The summed E-state index contributed by atoms with van der Waals surface area (Å²) in [5.41, 5.74) is 0.880. The number of benzene rings is 1. The number of amides is 1. The van der Waals surface area contributed by atoms with Crippen molar-refractivity contribution in [3.05, 3.63) is 36.4 Å². The summed E-state index contributed by atoms with van der Waals surface area (Å²) in [6, 6.07) is 7.44. The first-order valence-electron chi connectivity index (χ1n) is 8.75. The summed E-state index contributed by atoms with van der Waals surface area (Å²) in [6.07, 6.45) is 1.72. The first kappa shape index (κ1) is 18.9. The van der Waals surface area contributed by atoms with Gasteiger partial charge in [-0.25, -0.2) is 4.98 Å². The second-order valence-electron chi connectivity index (χ2n) is 6.28. The Hall–Kier alpha value is -2.87. The molecule has 1 fully saturated rings. The standard InChI is InChI=1S/C19H22N2O6/c1-25-14-4-2-13(3-5-14)16-11-20-17(27-16)6-7-18(22)21-8-9-26-15(12-21)10-19(23)24/h2-5,11,15H,6-10,12H2,1H3,(H,23,24)/t15-/m0/s1. The molecule has 144 valence electrons. The maximum absolute atomic E-state index is 12.4. The van der Waals surface area contributed by atoms with E-state index in [0.717, 1.165) is 11.3 Å². The van der Waals surface area contributed by atoms with Crippen molar-refractivity contribution in [2.24, 2.45) is 0 Å². The van der Waals surface area contributed by atoms with Gasteiger partial charge in [0, 0.05) is 31.5 Å². The van der Waals surface area contributed by atoms with Gasteiger partial charge in [0.15, 0.2) is 11.7 Å². The monoisotopic (exact) mass is 374 g/mol. The van der Waals surface area contributed by atoms with E-state index in [1.54, 1.807) is 18.2 Å². The highest BCUT2D eigenvalue weighted by molar-refractivity contribution is 5.76. The summed E-state index contributed by atoms with van der Waals surface area (Å²) in [6.45, 7) is 1.12. The zero-order valence-corrected chi connectivity index (χ0v) is 15.1. The fourth-order valence-corrected chi connectivity index (χ4v) is 2.95. The number of carbonyl (C=O) groups is 2. The average molecular weight is 374 g/mol. The molecule has 0 saturated carbocycles. The van der Waals surface area contributed by atoms with Crippen LogP contribution in [0.5, 0.6) is 5.75 Å². The van der Waals surface area contributed by atoms with Crippen LogP contribution in [0.2, 0.25) is 0 Å². The van der Waals surface area contributed by atoms with Crippen LogP contribution in [0, 0.1) is 0 Å². The van der Waals surface area contributed by atoms with E-state index >= 15 is 0 Å². The molecule has 1 aliphatic heterocycles. The normalized spacial score (nSPS) is 16.9. The third-order valence-electron chi connectivity index (χ3n) is 4.37. The van der Waals surface area contributed by atoms with Crippen LogP contribution in [-0.4, -0.2) is 59.8 Å². The summed E-state index contributed by atoms with van der Waals surface area (Å²) in [5.74, 6) is 0.895. The molecule has 1 N–H and O–H groups in total. The third-order valence-corrected chi connectivity index (χ3v) is 4.37. The van der Waals surface area contributed by atoms with Gasteiger partial charge in [0.2, 0.25) is 5.91 Å². The zero-order valence-electron chi connectivity index (χ0n) is 15.1. The highest BCUT2D eigenvalue weighted by Gasteiger charge is 2.26. The highest BCUT2D eigenvalue weighted by atomic mass is 16.5. The number of rotatable bonds is 7. The summed E-state index contributed by atoms with van der Waals surface area (Å²) in [4.78, 5) is 29.1. The Bertz CT molecular complexity index is 786. The van der Waals surface area contributed by atoms with Crippen LogP contribution in [0.15, 0.2) is 34.9 Å². The Morgan fingerprint density at radius 3 is 2.81 bits per heavy atom. The molecule has 0 spiro atoms. The third kappa shape index (κ3) is 5.07. The number of hydrogen-bond donors (Lipinski definition) is 1. The van der Waals surface area contributed by atoms with Crippen molar-refractivity contribution >= 4 is 11.9 Å². The number of carboxylic acid groups (broad SMARTS) is 1. The number of methoxy groups -OCH3 is 1. The van der Waals surface area contributed by atoms with E-state index in [9.17, 15) is 9.59 Å². The van der Waals surface area contributed by atoms with Crippen LogP contribution in [0.4, 0.5) is 0 Å². The molecular formula is C19H22N2O6. The Morgan fingerprint density at radius 1 is 1.33 bits per heavy atom. The van der Waals surface area contributed by atoms with E-state index in [-0.39, 0.29) is 18.7 Å². The van der Waals surface area contributed by atoms with Crippen molar-refractivity contribution < 1.29 is 28.6 Å². The molecule has 1 aliphatic rings. The number of aromatic nitrogens is 1. The fourth-order valence-electron chi connectivity index (χ4n) is 2.95. The number of carbonyl (C=O) groups excluding carboxylic acids is 1. The van der Waals surface area contributed by atoms with Gasteiger partial charge in [0.1, 0.15) is 5.75 Å². The van der Waals surface area contributed by atoms with E-state index in [1.807, 2.05) is 24.3 Å². The minimum absolute atomic E-state index is 0.0575. The molecule has 0 radical (unpaired) electrons. The molecule has 1 saturated heterocycles. The number of oxazole rings is 1. The van der Waals surface area contributed by atoms with Gasteiger partial charge in [-0.2, -0.15) is 0 Å². The van der Waals surface area contributed by atoms with Crippen molar-refractivity contribution in [2.75, 3.05) is 26.8 Å². The maximum atomic E-state index is 12.4. The van der Waals surface area contributed by atoms with E-state index in [1.165, 1.54) is 0 Å². The van der Waals surface area contributed by atoms with Gasteiger partial charge < -0.3 is 23.9 Å². The number of nitrogens with zero attached hydrogens (tertiary/aromatic N) is 2. The predicted octanol–water partition coefficient (Wildman–Crippen LogP) is 1.98. The summed E-state index contributed by atoms with van der Waals surface area (Å²) in [7, 11) is 1.61. The van der Waals surface area contributed by atoms with Crippen molar-refractivity contribution in [1.82, 2.24) is 9.88 Å². The smallest absolute Gasteiger partial charge is 0.306 e. The Labute approximate surface area is 156 Å².